The van der Waals surface area contributed by atoms with Gasteiger partial charge in [-0.15, -0.1) is 0 Å². The molecule has 29 heavy (non-hydrogen) atoms. The number of halogens is 1. The number of carboxylic acids is 1. The number of benzene rings is 3. The summed E-state index contributed by atoms with van der Waals surface area (Å²) in [5.74, 6) is -0.377. The fraction of sp³-hybridized carbons (Fsp3) is 0.125. The molecule has 0 saturated carbocycles. The molecule has 5 heteroatoms. The number of aliphatic carboxylic acids is 1. The highest BCUT2D eigenvalue weighted by Crippen LogP contribution is 2.32. The number of fused-ring (bicyclic) bond motifs is 1. The molecule has 0 radical (unpaired) electrons. The number of hydrogen-bond donors (Lipinski definition) is 2. The van der Waals surface area contributed by atoms with Gasteiger partial charge in [-0.25, -0.2) is 4.39 Å². The van der Waals surface area contributed by atoms with E-state index in [1.165, 1.54) is 12.1 Å². The number of para-hydroxylation sites is 1. The van der Waals surface area contributed by atoms with Crippen molar-refractivity contribution in [3.63, 3.8) is 0 Å². The SMILES string of the molecule is O=C(O)Cc1c(NCc2ccc(F)cc2)n(Cc2ccccc2)c2ccccc12. The quantitative estimate of drug-likeness (QED) is 0.465. The first-order valence-electron chi connectivity index (χ1n) is 9.46. The monoisotopic (exact) mass is 388 g/mol. The Hall–Kier alpha value is -3.60. The maximum Gasteiger partial charge on any atom is 0.307 e. The standard InChI is InChI=1S/C24H21FN2O2/c25-19-12-10-17(11-13-19)15-26-24-21(14-23(28)29)20-8-4-5-9-22(20)27(24)16-18-6-2-1-3-7-18/h1-13,26H,14-16H2,(H,28,29). The summed E-state index contributed by atoms with van der Waals surface area (Å²) in [5.41, 5.74) is 3.78. The predicted octanol–water partition coefficient (Wildman–Crippen LogP) is 5.07. The van der Waals surface area contributed by atoms with Crippen LogP contribution in [0, 0.1) is 5.82 Å². The first-order valence-corrected chi connectivity index (χ1v) is 9.46. The fourth-order valence-corrected chi connectivity index (χ4v) is 3.63. The van der Waals surface area contributed by atoms with Crippen LogP contribution in [-0.4, -0.2) is 15.6 Å². The van der Waals surface area contributed by atoms with Crippen molar-refractivity contribution in [2.75, 3.05) is 5.32 Å². The predicted molar refractivity (Wildman–Crippen MR) is 113 cm³/mol. The molecule has 0 saturated heterocycles. The molecule has 0 aliphatic rings. The summed E-state index contributed by atoms with van der Waals surface area (Å²) in [4.78, 5) is 11.6. The Morgan fingerprint density at radius 2 is 1.59 bits per heavy atom. The molecule has 0 amide bonds. The third-order valence-electron chi connectivity index (χ3n) is 4.96. The van der Waals surface area contributed by atoms with Crippen LogP contribution in [-0.2, 0) is 24.3 Å². The number of anilines is 1. The van der Waals surface area contributed by atoms with Crippen molar-refractivity contribution in [2.45, 2.75) is 19.5 Å². The lowest BCUT2D eigenvalue weighted by atomic mass is 10.1. The zero-order valence-corrected chi connectivity index (χ0v) is 15.8. The first kappa shape index (κ1) is 18.7. The molecule has 1 heterocycles. The molecule has 0 aliphatic carbocycles. The largest absolute Gasteiger partial charge is 0.481 e. The summed E-state index contributed by atoms with van der Waals surface area (Å²) < 4.78 is 15.3. The van der Waals surface area contributed by atoms with Crippen molar-refractivity contribution >= 4 is 22.7 Å². The molecule has 0 atom stereocenters. The summed E-state index contributed by atoms with van der Waals surface area (Å²) in [6.07, 6.45) is -0.0753. The lowest BCUT2D eigenvalue weighted by molar-refractivity contribution is -0.136. The third-order valence-corrected chi connectivity index (χ3v) is 4.96. The van der Waals surface area contributed by atoms with Gasteiger partial charge in [0.2, 0.25) is 0 Å². The number of rotatable bonds is 7. The Morgan fingerprint density at radius 1 is 0.897 bits per heavy atom. The van der Waals surface area contributed by atoms with Gasteiger partial charge in [0, 0.05) is 24.0 Å². The number of carbonyl (C=O) groups is 1. The van der Waals surface area contributed by atoms with Crippen LogP contribution in [0.3, 0.4) is 0 Å². The second-order valence-corrected chi connectivity index (χ2v) is 6.97. The minimum absolute atomic E-state index is 0.0753. The summed E-state index contributed by atoms with van der Waals surface area (Å²) >= 11 is 0. The second-order valence-electron chi connectivity index (χ2n) is 6.97. The van der Waals surface area contributed by atoms with Crippen molar-refractivity contribution in [3.8, 4) is 0 Å². The molecule has 0 spiro atoms. The van der Waals surface area contributed by atoms with Crippen molar-refractivity contribution in [2.24, 2.45) is 0 Å². The van der Waals surface area contributed by atoms with Crippen LogP contribution in [0.1, 0.15) is 16.7 Å². The number of hydrogen-bond acceptors (Lipinski definition) is 2. The van der Waals surface area contributed by atoms with Crippen molar-refractivity contribution in [1.82, 2.24) is 4.57 Å². The molecule has 0 aliphatic heterocycles. The molecule has 146 valence electrons. The van der Waals surface area contributed by atoms with E-state index in [0.29, 0.717) is 13.1 Å². The fourth-order valence-electron chi connectivity index (χ4n) is 3.63. The summed E-state index contributed by atoms with van der Waals surface area (Å²) in [6.45, 7) is 1.09. The topological polar surface area (TPSA) is 54.3 Å². The van der Waals surface area contributed by atoms with Gasteiger partial charge in [-0.05, 0) is 29.3 Å². The van der Waals surface area contributed by atoms with Crippen LogP contribution in [0.5, 0.6) is 0 Å². The summed E-state index contributed by atoms with van der Waals surface area (Å²) in [7, 11) is 0. The van der Waals surface area contributed by atoms with Gasteiger partial charge >= 0.3 is 5.97 Å². The van der Waals surface area contributed by atoms with E-state index >= 15 is 0 Å². The Balaban J connectivity index is 1.78. The summed E-state index contributed by atoms with van der Waals surface area (Å²) in [6, 6.07) is 24.2. The molecule has 4 nitrogen and oxygen atoms in total. The van der Waals surface area contributed by atoms with Crippen LogP contribution in [0.25, 0.3) is 10.9 Å². The molecule has 2 N–H and O–H groups in total. The maximum absolute atomic E-state index is 13.2. The van der Waals surface area contributed by atoms with E-state index in [4.69, 9.17) is 0 Å². The van der Waals surface area contributed by atoms with E-state index in [2.05, 4.69) is 22.0 Å². The normalized spacial score (nSPS) is 10.9. The number of carboxylic acid groups (broad SMARTS) is 1. The highest BCUT2D eigenvalue weighted by Gasteiger charge is 2.19. The highest BCUT2D eigenvalue weighted by molar-refractivity contribution is 5.93. The lowest BCUT2D eigenvalue weighted by Crippen LogP contribution is -2.11. The zero-order chi connectivity index (χ0) is 20.2. The third kappa shape index (κ3) is 4.14. The maximum atomic E-state index is 13.2. The average molecular weight is 388 g/mol. The van der Waals surface area contributed by atoms with Gasteiger partial charge < -0.3 is 15.0 Å². The Labute approximate surface area is 168 Å². The van der Waals surface area contributed by atoms with Crippen molar-refractivity contribution in [3.05, 3.63) is 101 Å². The average Bonchev–Trinajstić information content (AvgIpc) is 3.01. The van der Waals surface area contributed by atoms with Gasteiger partial charge in [-0.1, -0.05) is 60.7 Å². The second kappa shape index (κ2) is 8.19. The minimum atomic E-state index is -0.877. The van der Waals surface area contributed by atoms with E-state index in [1.54, 1.807) is 12.1 Å². The van der Waals surface area contributed by atoms with Crippen molar-refractivity contribution in [1.29, 1.82) is 0 Å². The highest BCUT2D eigenvalue weighted by atomic mass is 19.1. The Bertz CT molecular complexity index is 1130. The molecule has 4 aromatic rings. The Morgan fingerprint density at radius 3 is 2.31 bits per heavy atom. The summed E-state index contributed by atoms with van der Waals surface area (Å²) in [5, 5.41) is 13.8. The van der Waals surface area contributed by atoms with E-state index in [-0.39, 0.29) is 12.2 Å². The van der Waals surface area contributed by atoms with Gasteiger partial charge in [0.05, 0.1) is 11.9 Å². The minimum Gasteiger partial charge on any atom is -0.481 e. The van der Waals surface area contributed by atoms with Gasteiger partial charge in [0.15, 0.2) is 0 Å². The molecule has 0 bridgehead atoms. The van der Waals surface area contributed by atoms with Gasteiger partial charge in [-0.3, -0.25) is 4.79 Å². The van der Waals surface area contributed by atoms with E-state index < -0.39 is 5.97 Å². The van der Waals surface area contributed by atoms with Crippen LogP contribution in [0.4, 0.5) is 10.2 Å². The van der Waals surface area contributed by atoms with Gasteiger partial charge in [-0.2, -0.15) is 0 Å². The number of aromatic nitrogens is 1. The van der Waals surface area contributed by atoms with Gasteiger partial charge in [0.1, 0.15) is 11.6 Å². The number of nitrogens with one attached hydrogen (secondary N) is 1. The van der Waals surface area contributed by atoms with Crippen LogP contribution < -0.4 is 5.32 Å². The molecule has 0 fully saturated rings. The smallest absolute Gasteiger partial charge is 0.307 e. The van der Waals surface area contributed by atoms with E-state index in [0.717, 1.165) is 33.4 Å². The van der Waals surface area contributed by atoms with Crippen LogP contribution in [0.15, 0.2) is 78.9 Å². The Kier molecular flexibility index (Phi) is 5.29. The molecule has 0 unspecified atom stereocenters. The molecular weight excluding hydrogens is 367 g/mol. The zero-order valence-electron chi connectivity index (χ0n) is 15.8. The van der Waals surface area contributed by atoms with E-state index in [9.17, 15) is 14.3 Å². The van der Waals surface area contributed by atoms with Gasteiger partial charge in [0.25, 0.3) is 0 Å². The molecule has 3 aromatic carbocycles. The van der Waals surface area contributed by atoms with Crippen molar-refractivity contribution < 1.29 is 14.3 Å². The van der Waals surface area contributed by atoms with E-state index in [1.807, 2.05) is 42.5 Å². The van der Waals surface area contributed by atoms with Crippen LogP contribution >= 0.6 is 0 Å². The van der Waals surface area contributed by atoms with Crippen LogP contribution in [0.2, 0.25) is 0 Å². The lowest BCUT2D eigenvalue weighted by Gasteiger charge is -2.14. The number of nitrogens with zero attached hydrogens (tertiary/aromatic N) is 1. The molecule has 4 rings (SSSR count). The first-order chi connectivity index (χ1) is 14.1. The molecule has 1 aromatic heterocycles. The molecular formula is C24H21FN2O2.